The zero-order valence-electron chi connectivity index (χ0n) is 8.62. The van der Waals surface area contributed by atoms with Gasteiger partial charge in [0.15, 0.2) is 0 Å². The van der Waals surface area contributed by atoms with Crippen LogP contribution in [0.1, 0.15) is 27.7 Å². The minimum atomic E-state index is 0.861. The summed E-state index contributed by atoms with van der Waals surface area (Å²) in [5.74, 6) is 5.36. The van der Waals surface area contributed by atoms with Crippen LogP contribution >= 0.6 is 0 Å². The van der Waals surface area contributed by atoms with Crippen molar-refractivity contribution in [3.05, 3.63) is 12.2 Å². The van der Waals surface area contributed by atoms with Gasteiger partial charge in [-0.1, -0.05) is 39.8 Å². The van der Waals surface area contributed by atoms with Crippen LogP contribution in [-0.2, 0) is 0 Å². The molecular formula is C12H20. The standard InChI is InChI=1S/C12H20/c1-7-8(2)12-6-5-11(7)9(3)10(12)4/h5-12H,1-4H3/t7-,8?,9?,10?,11?,12?/m1/s1. The molecule has 3 aliphatic rings. The lowest BCUT2D eigenvalue weighted by atomic mass is 9.55. The predicted octanol–water partition coefficient (Wildman–Crippen LogP) is 3.35. The van der Waals surface area contributed by atoms with Gasteiger partial charge < -0.3 is 0 Å². The highest BCUT2D eigenvalue weighted by atomic mass is 14.5. The maximum atomic E-state index is 2.47. The lowest BCUT2D eigenvalue weighted by molar-refractivity contribution is 0.0429. The highest BCUT2D eigenvalue weighted by Gasteiger charge is 2.43. The van der Waals surface area contributed by atoms with Crippen LogP contribution in [0, 0.1) is 35.5 Å². The Bertz CT molecular complexity index is 166. The second kappa shape index (κ2) is 2.61. The zero-order valence-corrected chi connectivity index (χ0v) is 8.62. The van der Waals surface area contributed by atoms with E-state index < -0.39 is 0 Å². The fraction of sp³-hybridized carbons (Fsp3) is 0.833. The summed E-state index contributed by atoms with van der Waals surface area (Å²) in [5.41, 5.74) is 0. The van der Waals surface area contributed by atoms with Crippen molar-refractivity contribution in [2.45, 2.75) is 27.7 Å². The van der Waals surface area contributed by atoms with E-state index in [1.165, 1.54) is 0 Å². The maximum absolute atomic E-state index is 2.47. The Kier molecular flexibility index (Phi) is 1.82. The van der Waals surface area contributed by atoms with Gasteiger partial charge >= 0.3 is 0 Å². The molecule has 0 aliphatic heterocycles. The van der Waals surface area contributed by atoms with E-state index in [2.05, 4.69) is 39.8 Å². The van der Waals surface area contributed by atoms with E-state index in [1.54, 1.807) is 0 Å². The smallest absolute Gasteiger partial charge is 0.0176 e. The van der Waals surface area contributed by atoms with Crippen LogP contribution in [0.2, 0.25) is 0 Å². The van der Waals surface area contributed by atoms with Crippen LogP contribution in [-0.4, -0.2) is 0 Å². The van der Waals surface area contributed by atoms with Crippen molar-refractivity contribution in [1.82, 2.24) is 0 Å². The molecule has 0 aromatic heterocycles. The third kappa shape index (κ3) is 0.901. The molecule has 0 aromatic carbocycles. The Morgan fingerprint density at radius 3 is 1.08 bits per heavy atom. The van der Waals surface area contributed by atoms with Crippen LogP contribution < -0.4 is 0 Å². The predicted molar refractivity (Wildman–Crippen MR) is 52.8 cm³/mol. The molecule has 3 rings (SSSR count). The van der Waals surface area contributed by atoms with Crippen molar-refractivity contribution in [2.24, 2.45) is 35.5 Å². The topological polar surface area (TPSA) is 0 Å². The Balaban J connectivity index is 2.32. The van der Waals surface area contributed by atoms with Gasteiger partial charge in [-0.05, 0) is 35.5 Å². The molecule has 1 fully saturated rings. The zero-order chi connectivity index (χ0) is 8.88. The van der Waals surface area contributed by atoms with E-state index >= 15 is 0 Å². The van der Waals surface area contributed by atoms with E-state index in [9.17, 15) is 0 Å². The van der Waals surface area contributed by atoms with Gasteiger partial charge in [-0.25, -0.2) is 0 Å². The first-order chi connectivity index (χ1) is 5.63. The normalized spacial score (nSPS) is 57.7. The average Bonchev–Trinajstić information content (AvgIpc) is 2.05. The Labute approximate surface area is 76.1 Å². The number of allylic oxidation sites excluding steroid dienone is 2. The van der Waals surface area contributed by atoms with Crippen molar-refractivity contribution in [1.29, 1.82) is 0 Å². The van der Waals surface area contributed by atoms with Gasteiger partial charge in [0.05, 0.1) is 0 Å². The van der Waals surface area contributed by atoms with Gasteiger partial charge in [-0.2, -0.15) is 0 Å². The minimum absolute atomic E-state index is 0.861. The fourth-order valence-corrected chi connectivity index (χ4v) is 3.32. The number of rotatable bonds is 0. The number of hydrogen-bond acceptors (Lipinski definition) is 0. The maximum Gasteiger partial charge on any atom is -0.0176 e. The highest BCUT2D eigenvalue weighted by Crippen LogP contribution is 2.50. The summed E-state index contributed by atoms with van der Waals surface area (Å²) in [5, 5.41) is 0. The molecule has 0 N–H and O–H groups in total. The molecule has 68 valence electrons. The molecule has 1 saturated carbocycles. The van der Waals surface area contributed by atoms with Gasteiger partial charge in [-0.15, -0.1) is 0 Å². The van der Waals surface area contributed by atoms with Crippen molar-refractivity contribution in [2.75, 3.05) is 0 Å². The van der Waals surface area contributed by atoms with E-state index in [0.29, 0.717) is 0 Å². The van der Waals surface area contributed by atoms with Gasteiger partial charge in [-0.3, -0.25) is 0 Å². The largest absolute Gasteiger partial charge is 0.0846 e. The molecule has 12 heavy (non-hydrogen) atoms. The van der Waals surface area contributed by atoms with E-state index in [0.717, 1.165) is 35.5 Å². The van der Waals surface area contributed by atoms with E-state index in [-0.39, 0.29) is 0 Å². The molecule has 2 bridgehead atoms. The summed E-state index contributed by atoms with van der Waals surface area (Å²) in [6, 6.07) is 0. The van der Waals surface area contributed by atoms with Gasteiger partial charge in [0.2, 0.25) is 0 Å². The lowest BCUT2D eigenvalue weighted by Crippen LogP contribution is -2.44. The molecule has 0 spiro atoms. The second-order valence-corrected chi connectivity index (χ2v) is 4.98. The third-order valence-corrected chi connectivity index (χ3v) is 4.64. The summed E-state index contributed by atoms with van der Waals surface area (Å²) in [4.78, 5) is 0. The van der Waals surface area contributed by atoms with Crippen molar-refractivity contribution in [3.8, 4) is 0 Å². The van der Waals surface area contributed by atoms with Gasteiger partial charge in [0, 0.05) is 0 Å². The molecule has 0 heteroatoms. The summed E-state index contributed by atoms with van der Waals surface area (Å²) < 4.78 is 0. The van der Waals surface area contributed by atoms with Crippen LogP contribution in [0.5, 0.6) is 0 Å². The first kappa shape index (κ1) is 8.34. The molecule has 0 heterocycles. The average molecular weight is 164 g/mol. The van der Waals surface area contributed by atoms with Crippen LogP contribution in [0.25, 0.3) is 0 Å². The van der Waals surface area contributed by atoms with Crippen molar-refractivity contribution < 1.29 is 0 Å². The molecule has 5 unspecified atom stereocenters. The van der Waals surface area contributed by atoms with Crippen molar-refractivity contribution >= 4 is 0 Å². The molecule has 0 radical (unpaired) electrons. The SMILES string of the molecule is CC1C(C)C2C=CC1C(C)[C@H]2C. The lowest BCUT2D eigenvalue weighted by Gasteiger charge is -2.50. The molecule has 0 saturated heterocycles. The molecule has 0 amide bonds. The third-order valence-electron chi connectivity index (χ3n) is 4.64. The quantitative estimate of drug-likeness (QED) is 0.482. The molecule has 6 atom stereocenters. The van der Waals surface area contributed by atoms with Crippen molar-refractivity contribution in [3.63, 3.8) is 0 Å². The fourth-order valence-electron chi connectivity index (χ4n) is 3.32. The summed E-state index contributed by atoms with van der Waals surface area (Å²) >= 11 is 0. The Hall–Kier alpha value is -0.260. The van der Waals surface area contributed by atoms with Crippen LogP contribution in [0.3, 0.4) is 0 Å². The summed E-state index contributed by atoms with van der Waals surface area (Å²) in [6.45, 7) is 9.70. The number of hydrogen-bond donors (Lipinski definition) is 0. The van der Waals surface area contributed by atoms with Crippen LogP contribution in [0.4, 0.5) is 0 Å². The monoisotopic (exact) mass is 164 g/mol. The van der Waals surface area contributed by atoms with E-state index in [4.69, 9.17) is 0 Å². The summed E-state index contributed by atoms with van der Waals surface area (Å²) in [6.07, 6.45) is 4.94. The summed E-state index contributed by atoms with van der Waals surface area (Å²) in [7, 11) is 0. The first-order valence-electron chi connectivity index (χ1n) is 5.31. The van der Waals surface area contributed by atoms with Gasteiger partial charge in [0.1, 0.15) is 0 Å². The Morgan fingerprint density at radius 2 is 0.833 bits per heavy atom. The molecular weight excluding hydrogens is 144 g/mol. The van der Waals surface area contributed by atoms with E-state index in [1.807, 2.05) is 0 Å². The first-order valence-corrected chi connectivity index (χ1v) is 5.31. The minimum Gasteiger partial charge on any atom is -0.0846 e. The highest BCUT2D eigenvalue weighted by molar-refractivity contribution is 5.11. The second-order valence-electron chi connectivity index (χ2n) is 4.98. The van der Waals surface area contributed by atoms with Gasteiger partial charge in [0.25, 0.3) is 0 Å². The molecule has 0 aromatic rings. The number of fused-ring (bicyclic) bond motifs is 2. The Morgan fingerprint density at radius 1 is 0.583 bits per heavy atom. The molecule has 0 nitrogen and oxygen atoms in total. The molecule has 3 aliphatic carbocycles. The van der Waals surface area contributed by atoms with Crippen LogP contribution in [0.15, 0.2) is 12.2 Å².